The number of benzene rings is 1. The van der Waals surface area contributed by atoms with Crippen molar-refractivity contribution in [3.8, 4) is 5.69 Å². The van der Waals surface area contributed by atoms with Crippen LogP contribution in [0.25, 0.3) is 5.69 Å². The van der Waals surface area contributed by atoms with Gasteiger partial charge in [-0.15, -0.1) is 0 Å². The van der Waals surface area contributed by atoms with Crippen LogP contribution in [0, 0.1) is 0 Å². The molecule has 0 radical (unpaired) electrons. The van der Waals surface area contributed by atoms with E-state index in [4.69, 9.17) is 5.11 Å². The molecule has 0 bridgehead atoms. The van der Waals surface area contributed by atoms with Crippen molar-refractivity contribution >= 4 is 17.6 Å². The molecule has 0 atom stereocenters. The average Bonchev–Trinajstić information content (AvgIpc) is 3.14. The van der Waals surface area contributed by atoms with E-state index in [1.54, 1.807) is 12.1 Å². The molecular weight excluding hydrogens is 389 g/mol. The van der Waals surface area contributed by atoms with Gasteiger partial charge in [-0.25, -0.2) is 9.48 Å². The Bertz CT molecular complexity index is 1080. The molecule has 2 aromatic heterocycles. The zero-order valence-electron chi connectivity index (χ0n) is 15.1. The van der Waals surface area contributed by atoms with E-state index in [0.29, 0.717) is 17.3 Å². The van der Waals surface area contributed by atoms with Gasteiger partial charge in [-0.1, -0.05) is 19.1 Å². The summed E-state index contributed by atoms with van der Waals surface area (Å²) in [7, 11) is 0. The van der Waals surface area contributed by atoms with Gasteiger partial charge in [-0.05, 0) is 36.2 Å². The topological polar surface area (TPSA) is 97.1 Å². The molecule has 0 aliphatic carbocycles. The van der Waals surface area contributed by atoms with E-state index in [9.17, 15) is 22.8 Å². The van der Waals surface area contributed by atoms with Crippen molar-refractivity contribution in [2.75, 3.05) is 5.32 Å². The number of carbonyl (C=O) groups excluding carboxylic acids is 1. The van der Waals surface area contributed by atoms with Crippen molar-refractivity contribution < 1.29 is 27.9 Å². The number of amides is 1. The minimum atomic E-state index is -4.94. The number of nitrogens with one attached hydrogen (secondary N) is 1. The molecule has 29 heavy (non-hydrogen) atoms. The van der Waals surface area contributed by atoms with E-state index in [-0.39, 0.29) is 17.1 Å². The maximum absolute atomic E-state index is 13.4. The van der Waals surface area contributed by atoms with Crippen LogP contribution in [0.3, 0.4) is 0 Å². The van der Waals surface area contributed by atoms with Crippen molar-refractivity contribution in [1.82, 2.24) is 14.8 Å². The maximum atomic E-state index is 13.4. The van der Waals surface area contributed by atoms with Crippen molar-refractivity contribution in [2.24, 2.45) is 0 Å². The van der Waals surface area contributed by atoms with E-state index in [1.807, 2.05) is 6.92 Å². The molecule has 3 rings (SSSR count). The van der Waals surface area contributed by atoms with Gasteiger partial charge >= 0.3 is 12.1 Å². The molecule has 0 saturated carbocycles. The summed E-state index contributed by atoms with van der Waals surface area (Å²) in [6, 6.07) is 8.96. The van der Waals surface area contributed by atoms with Gasteiger partial charge in [-0.2, -0.15) is 18.3 Å². The Morgan fingerprint density at radius 2 is 1.97 bits per heavy atom. The van der Waals surface area contributed by atoms with Gasteiger partial charge in [0.1, 0.15) is 11.3 Å². The highest BCUT2D eigenvalue weighted by Gasteiger charge is 2.40. The number of hydrogen-bond acceptors (Lipinski definition) is 4. The molecule has 0 aliphatic heterocycles. The summed E-state index contributed by atoms with van der Waals surface area (Å²) in [5.41, 5.74) is -1.29. The molecule has 3 aromatic rings. The molecule has 0 saturated heterocycles. The minimum Gasteiger partial charge on any atom is -0.478 e. The van der Waals surface area contributed by atoms with Crippen LogP contribution in [0.15, 0.2) is 48.8 Å². The number of hydrogen-bond donors (Lipinski definition) is 2. The number of aryl methyl sites for hydroxylation is 1. The van der Waals surface area contributed by atoms with Crippen LogP contribution < -0.4 is 5.32 Å². The number of nitrogens with zero attached hydrogens (tertiary/aromatic N) is 3. The monoisotopic (exact) mass is 404 g/mol. The van der Waals surface area contributed by atoms with Crippen LogP contribution in [0.4, 0.5) is 18.9 Å². The number of halogens is 3. The largest absolute Gasteiger partial charge is 0.478 e. The Kier molecular flexibility index (Phi) is 5.35. The molecule has 1 aromatic carbocycles. The predicted octanol–water partition coefficient (Wildman–Crippen LogP) is 3.80. The fraction of sp³-hybridized carbons (Fsp3) is 0.158. The summed E-state index contributed by atoms with van der Waals surface area (Å²) in [4.78, 5) is 27.7. The number of aromatic nitrogens is 3. The summed E-state index contributed by atoms with van der Waals surface area (Å²) in [5.74, 6) is -2.25. The highest BCUT2D eigenvalue weighted by Crippen LogP contribution is 2.34. The van der Waals surface area contributed by atoms with Gasteiger partial charge in [-0.3, -0.25) is 9.78 Å². The number of aromatic carboxylic acids is 1. The normalized spacial score (nSPS) is 11.3. The zero-order valence-corrected chi connectivity index (χ0v) is 15.1. The fourth-order valence-corrected chi connectivity index (χ4v) is 2.81. The smallest absolute Gasteiger partial charge is 0.434 e. The van der Waals surface area contributed by atoms with Gasteiger partial charge in [0.15, 0.2) is 5.69 Å². The third-order valence-electron chi connectivity index (χ3n) is 4.10. The molecule has 0 spiro atoms. The summed E-state index contributed by atoms with van der Waals surface area (Å²) < 4.78 is 40.7. The lowest BCUT2D eigenvalue weighted by Gasteiger charge is -2.13. The van der Waals surface area contributed by atoms with Crippen LogP contribution >= 0.6 is 0 Å². The first-order valence-corrected chi connectivity index (χ1v) is 8.46. The number of carboxylic acid groups (broad SMARTS) is 1. The number of pyridine rings is 1. The lowest BCUT2D eigenvalue weighted by Crippen LogP contribution is -2.18. The first-order valence-electron chi connectivity index (χ1n) is 8.46. The van der Waals surface area contributed by atoms with Crippen LogP contribution in [0.5, 0.6) is 0 Å². The van der Waals surface area contributed by atoms with Crippen LogP contribution in [-0.2, 0) is 12.6 Å². The van der Waals surface area contributed by atoms with Gasteiger partial charge in [0, 0.05) is 11.9 Å². The molecule has 10 heteroatoms. The van der Waals surface area contributed by atoms with Crippen LogP contribution in [0.2, 0.25) is 0 Å². The molecule has 2 N–H and O–H groups in total. The van der Waals surface area contributed by atoms with Crippen LogP contribution in [-0.4, -0.2) is 31.7 Å². The molecule has 2 heterocycles. The first-order chi connectivity index (χ1) is 13.7. The Labute approximate surface area is 162 Å². The number of carboxylic acids is 1. The third-order valence-corrected chi connectivity index (χ3v) is 4.10. The third kappa shape index (κ3) is 4.10. The molecular formula is C19H15F3N4O3. The number of alkyl halides is 3. The van der Waals surface area contributed by atoms with Crippen molar-refractivity contribution in [3.63, 3.8) is 0 Å². The van der Waals surface area contributed by atoms with Gasteiger partial charge in [0.25, 0.3) is 5.91 Å². The molecule has 0 unspecified atom stereocenters. The average molecular weight is 404 g/mol. The summed E-state index contributed by atoms with van der Waals surface area (Å²) in [5, 5.41) is 15.2. The Morgan fingerprint density at radius 1 is 1.21 bits per heavy atom. The zero-order chi connectivity index (χ0) is 21.2. The van der Waals surface area contributed by atoms with Crippen molar-refractivity contribution in [2.45, 2.75) is 19.5 Å². The van der Waals surface area contributed by atoms with Crippen molar-refractivity contribution in [1.29, 1.82) is 0 Å². The molecule has 0 fully saturated rings. The lowest BCUT2D eigenvalue weighted by atomic mass is 10.1. The molecule has 1 amide bonds. The van der Waals surface area contributed by atoms with Gasteiger partial charge in [0.2, 0.25) is 0 Å². The lowest BCUT2D eigenvalue weighted by molar-refractivity contribution is -0.143. The maximum Gasteiger partial charge on any atom is 0.434 e. The summed E-state index contributed by atoms with van der Waals surface area (Å²) in [6.07, 6.45) is -2.25. The van der Waals surface area contributed by atoms with E-state index in [2.05, 4.69) is 15.4 Å². The second kappa shape index (κ2) is 7.74. The molecule has 7 nitrogen and oxygen atoms in total. The highest BCUT2D eigenvalue weighted by molar-refractivity contribution is 6.04. The van der Waals surface area contributed by atoms with Gasteiger partial charge < -0.3 is 10.4 Å². The standard InChI is InChI=1S/C19H15F3N4O3/c1-2-11-5-4-8-23-15(11)17(27)25-12-6-3-7-13(9-12)26-16(19(20,21)22)14(10-24-26)18(28)29/h3-10H,2H2,1H3,(H,25,27)(H,28,29). The number of anilines is 1. The van der Waals surface area contributed by atoms with E-state index in [1.165, 1.54) is 30.5 Å². The summed E-state index contributed by atoms with van der Waals surface area (Å²) >= 11 is 0. The quantitative estimate of drug-likeness (QED) is 0.674. The SMILES string of the molecule is CCc1cccnc1C(=O)Nc1cccc(-n2ncc(C(=O)O)c2C(F)(F)F)c1. The highest BCUT2D eigenvalue weighted by atomic mass is 19.4. The second-order valence-corrected chi connectivity index (χ2v) is 5.99. The van der Waals surface area contributed by atoms with Crippen LogP contribution in [0.1, 0.15) is 39.0 Å². The van der Waals surface area contributed by atoms with E-state index in [0.717, 1.165) is 5.56 Å². The minimum absolute atomic E-state index is 0.0561. The van der Waals surface area contributed by atoms with E-state index < -0.39 is 29.3 Å². The second-order valence-electron chi connectivity index (χ2n) is 5.99. The molecule has 150 valence electrons. The predicted molar refractivity (Wildman–Crippen MR) is 97.1 cm³/mol. The summed E-state index contributed by atoms with van der Waals surface area (Å²) in [6.45, 7) is 1.87. The Morgan fingerprint density at radius 3 is 2.62 bits per heavy atom. The number of rotatable bonds is 5. The fourth-order valence-electron chi connectivity index (χ4n) is 2.81. The Balaban J connectivity index is 1.97. The van der Waals surface area contributed by atoms with Crippen molar-refractivity contribution in [3.05, 3.63) is 71.3 Å². The number of carbonyl (C=O) groups is 2. The van der Waals surface area contributed by atoms with E-state index >= 15 is 0 Å². The Hall–Kier alpha value is -3.69. The molecule has 0 aliphatic rings. The van der Waals surface area contributed by atoms with Gasteiger partial charge in [0.05, 0.1) is 11.9 Å². The first kappa shape index (κ1) is 20.1.